The highest BCUT2D eigenvalue weighted by molar-refractivity contribution is 5.30. The summed E-state index contributed by atoms with van der Waals surface area (Å²) in [5.41, 5.74) is -2.75. The van der Waals surface area contributed by atoms with Crippen molar-refractivity contribution in [1.82, 2.24) is 0 Å². The predicted molar refractivity (Wildman–Crippen MR) is 124 cm³/mol. The number of hydrogen-bond acceptors (Lipinski definition) is 9. The summed E-state index contributed by atoms with van der Waals surface area (Å²) in [6.45, 7) is 9.42. The van der Waals surface area contributed by atoms with Crippen molar-refractivity contribution in [3.05, 3.63) is 12.2 Å². The largest absolute Gasteiger partial charge is 0.394 e. The van der Waals surface area contributed by atoms with Gasteiger partial charge in [0, 0.05) is 11.3 Å². The van der Waals surface area contributed by atoms with Crippen molar-refractivity contribution >= 4 is 0 Å². The number of fused-ring (bicyclic) bond motifs is 2. The fourth-order valence-electron chi connectivity index (χ4n) is 8.71. The molecule has 0 aromatic heterocycles. The third-order valence-electron chi connectivity index (χ3n) is 10.8. The average molecular weight is 499 g/mol. The summed E-state index contributed by atoms with van der Waals surface area (Å²) >= 11 is 0. The minimum Gasteiger partial charge on any atom is -0.394 e. The molecule has 0 radical (unpaired) electrons. The topological polar surface area (TPSA) is 160 Å². The van der Waals surface area contributed by atoms with Crippen molar-refractivity contribution in [1.29, 1.82) is 0 Å². The molecule has 9 heteroatoms. The van der Waals surface area contributed by atoms with E-state index in [-0.39, 0.29) is 17.3 Å². The molecule has 1 heterocycles. The van der Waals surface area contributed by atoms with Crippen LogP contribution in [-0.2, 0) is 9.47 Å². The Bertz CT molecular complexity index is 858. The van der Waals surface area contributed by atoms with Gasteiger partial charge in [-0.15, -0.1) is 0 Å². The first-order valence-corrected chi connectivity index (χ1v) is 13.0. The van der Waals surface area contributed by atoms with Crippen LogP contribution >= 0.6 is 0 Å². The van der Waals surface area contributed by atoms with Crippen LogP contribution in [-0.4, -0.2) is 96.5 Å². The molecule has 4 saturated carbocycles. The second-order valence-electron chi connectivity index (χ2n) is 12.9. The van der Waals surface area contributed by atoms with Crippen molar-refractivity contribution in [3.8, 4) is 0 Å². The Morgan fingerprint density at radius 3 is 2.31 bits per heavy atom. The van der Waals surface area contributed by atoms with Crippen LogP contribution in [0.25, 0.3) is 0 Å². The van der Waals surface area contributed by atoms with E-state index in [2.05, 4.69) is 6.58 Å². The van der Waals surface area contributed by atoms with Gasteiger partial charge in [-0.1, -0.05) is 26.0 Å². The van der Waals surface area contributed by atoms with Crippen molar-refractivity contribution in [2.75, 3.05) is 6.61 Å². The SMILES string of the molecule is C=C1[C@@H]2CC[C@@H]3C[C@@]2(C[C@@H](O)[C@@]2(O)[C@H]1C[C@@H](O[C@@H]1O[C@H](CO)[C@@H](O)[C@H](O)[C@H]1O)C2(C)C)C[C@@]3(C)O. The van der Waals surface area contributed by atoms with Crippen molar-refractivity contribution in [2.24, 2.45) is 28.6 Å². The molecule has 35 heavy (non-hydrogen) atoms. The summed E-state index contributed by atoms with van der Waals surface area (Å²) in [5.74, 6) is -0.210. The van der Waals surface area contributed by atoms with Gasteiger partial charge in [0.15, 0.2) is 6.29 Å². The highest BCUT2D eigenvalue weighted by Gasteiger charge is 2.70. The van der Waals surface area contributed by atoms with Gasteiger partial charge >= 0.3 is 0 Å². The fourth-order valence-corrected chi connectivity index (χ4v) is 8.71. The van der Waals surface area contributed by atoms with E-state index in [1.54, 1.807) is 0 Å². The minimum atomic E-state index is -1.56. The van der Waals surface area contributed by atoms with E-state index in [1.165, 1.54) is 0 Å². The molecular formula is C26H42O9. The molecule has 9 nitrogen and oxygen atoms in total. The Morgan fingerprint density at radius 1 is 0.971 bits per heavy atom. The lowest BCUT2D eigenvalue weighted by Crippen LogP contribution is -2.61. The van der Waals surface area contributed by atoms with Gasteiger partial charge in [0.2, 0.25) is 0 Å². The molecule has 1 spiro atoms. The molecule has 13 atom stereocenters. The Morgan fingerprint density at radius 2 is 1.66 bits per heavy atom. The van der Waals surface area contributed by atoms with Crippen LogP contribution in [0.4, 0.5) is 0 Å². The molecule has 1 saturated heterocycles. The Labute approximate surface area is 206 Å². The maximum Gasteiger partial charge on any atom is 0.186 e. The number of ether oxygens (including phenoxy) is 2. The molecule has 0 unspecified atom stereocenters. The second kappa shape index (κ2) is 8.19. The molecule has 0 amide bonds. The summed E-state index contributed by atoms with van der Waals surface area (Å²) in [4.78, 5) is 0. The lowest BCUT2D eigenvalue weighted by molar-refractivity contribution is -0.321. The van der Waals surface area contributed by atoms with Gasteiger partial charge in [-0.2, -0.15) is 0 Å². The molecule has 4 aliphatic carbocycles. The molecular weight excluding hydrogens is 456 g/mol. The fraction of sp³-hybridized carbons (Fsp3) is 0.923. The highest BCUT2D eigenvalue weighted by Crippen LogP contribution is 2.69. The zero-order valence-corrected chi connectivity index (χ0v) is 20.9. The molecule has 7 N–H and O–H groups in total. The van der Waals surface area contributed by atoms with Crippen LogP contribution in [0.15, 0.2) is 12.2 Å². The quantitative estimate of drug-likeness (QED) is 0.262. The van der Waals surface area contributed by atoms with Crippen LogP contribution in [0.3, 0.4) is 0 Å². The normalized spacial score (nSPS) is 57.5. The van der Waals surface area contributed by atoms with Crippen LogP contribution in [0.1, 0.15) is 59.3 Å². The molecule has 5 fully saturated rings. The zero-order valence-electron chi connectivity index (χ0n) is 20.9. The summed E-state index contributed by atoms with van der Waals surface area (Å²) in [5, 5.41) is 75.2. The maximum atomic E-state index is 12.2. The van der Waals surface area contributed by atoms with E-state index in [9.17, 15) is 35.7 Å². The number of aliphatic hydroxyl groups excluding tert-OH is 5. The van der Waals surface area contributed by atoms with E-state index >= 15 is 0 Å². The molecule has 2 bridgehead atoms. The summed E-state index contributed by atoms with van der Waals surface area (Å²) in [6, 6.07) is 0. The average Bonchev–Trinajstić information content (AvgIpc) is 3.08. The highest BCUT2D eigenvalue weighted by atomic mass is 16.7. The number of aliphatic hydroxyl groups is 7. The van der Waals surface area contributed by atoms with Crippen LogP contribution < -0.4 is 0 Å². The minimum absolute atomic E-state index is 0.0724. The van der Waals surface area contributed by atoms with Crippen molar-refractivity contribution < 1.29 is 45.2 Å². The van der Waals surface area contributed by atoms with Crippen LogP contribution in [0.5, 0.6) is 0 Å². The first kappa shape index (κ1) is 26.0. The number of hydrogen-bond donors (Lipinski definition) is 7. The van der Waals surface area contributed by atoms with Gasteiger partial charge in [0.05, 0.1) is 24.4 Å². The lowest BCUT2D eigenvalue weighted by atomic mass is 9.63. The molecule has 5 rings (SSSR count). The third kappa shape index (κ3) is 3.47. The maximum absolute atomic E-state index is 12.2. The Balaban J connectivity index is 1.44. The molecule has 0 aromatic carbocycles. The van der Waals surface area contributed by atoms with Gasteiger partial charge in [0.25, 0.3) is 0 Å². The lowest BCUT2D eigenvalue weighted by Gasteiger charge is -2.47. The van der Waals surface area contributed by atoms with Gasteiger partial charge in [0.1, 0.15) is 30.0 Å². The second-order valence-corrected chi connectivity index (χ2v) is 12.9. The molecule has 1 aliphatic heterocycles. The van der Waals surface area contributed by atoms with Crippen molar-refractivity contribution in [3.63, 3.8) is 0 Å². The predicted octanol–water partition coefficient (Wildman–Crippen LogP) is -0.173. The van der Waals surface area contributed by atoms with E-state index in [0.717, 1.165) is 24.8 Å². The summed E-state index contributed by atoms with van der Waals surface area (Å²) in [7, 11) is 0. The first-order valence-electron chi connectivity index (χ1n) is 13.0. The third-order valence-corrected chi connectivity index (χ3v) is 10.8. The number of rotatable bonds is 3. The van der Waals surface area contributed by atoms with E-state index in [0.29, 0.717) is 19.3 Å². The van der Waals surface area contributed by atoms with Gasteiger partial charge in [-0.05, 0) is 62.7 Å². The Kier molecular flexibility index (Phi) is 6.08. The van der Waals surface area contributed by atoms with Gasteiger partial charge in [-0.25, -0.2) is 0 Å². The molecule has 5 aliphatic rings. The smallest absolute Gasteiger partial charge is 0.186 e. The molecule has 0 aromatic rings. The van der Waals surface area contributed by atoms with Gasteiger partial charge < -0.3 is 45.2 Å². The Hall–Kier alpha value is -0.620. The van der Waals surface area contributed by atoms with Crippen LogP contribution in [0, 0.1) is 28.6 Å². The van der Waals surface area contributed by atoms with Crippen molar-refractivity contribution in [2.45, 2.75) is 113 Å². The zero-order chi connectivity index (χ0) is 25.7. The van der Waals surface area contributed by atoms with E-state index in [1.807, 2.05) is 20.8 Å². The first-order chi connectivity index (χ1) is 16.2. The summed E-state index contributed by atoms with van der Waals surface area (Å²) < 4.78 is 11.7. The van der Waals surface area contributed by atoms with Crippen LogP contribution in [0.2, 0.25) is 0 Å². The molecule has 200 valence electrons. The van der Waals surface area contributed by atoms with E-state index < -0.39 is 72.1 Å². The monoisotopic (exact) mass is 498 g/mol. The van der Waals surface area contributed by atoms with Gasteiger partial charge in [-0.3, -0.25) is 0 Å². The standard InChI is InChI=1S/C26H42O9/c1-12-14-6-5-13-8-25(14,11-24(13,4)32)9-17(28)26(33)15(12)7-18(23(26,2)3)35-22-21(31)20(30)19(29)16(10-27)34-22/h13-22,27-33H,1,5-11H2,2-4H3/t13-,14+,15+,16-,17-,18-,19-,20+,21-,22+,24-,25-,26+/m1/s1. The van der Waals surface area contributed by atoms with E-state index in [4.69, 9.17) is 9.47 Å². The summed E-state index contributed by atoms with van der Waals surface area (Å²) in [6.07, 6.45) is -4.90.